The van der Waals surface area contributed by atoms with Gasteiger partial charge in [0, 0.05) is 25.7 Å². The summed E-state index contributed by atoms with van der Waals surface area (Å²) in [5.74, 6) is 0.974. The van der Waals surface area contributed by atoms with E-state index in [9.17, 15) is 43.2 Å². The Morgan fingerprint density at radius 2 is 0.485 bits per heavy atom. The minimum atomic E-state index is -4.96. The van der Waals surface area contributed by atoms with Crippen molar-refractivity contribution in [2.24, 2.45) is 23.7 Å². The minimum Gasteiger partial charge on any atom is -0.462 e. The summed E-state index contributed by atoms with van der Waals surface area (Å²) >= 11 is 0. The van der Waals surface area contributed by atoms with Crippen molar-refractivity contribution in [1.29, 1.82) is 0 Å². The van der Waals surface area contributed by atoms with Gasteiger partial charge in [-0.15, -0.1) is 0 Å². The molecular formula is C80H156O17P2. The van der Waals surface area contributed by atoms with E-state index in [0.29, 0.717) is 31.6 Å². The Morgan fingerprint density at radius 1 is 0.283 bits per heavy atom. The number of rotatable bonds is 77. The molecule has 0 heterocycles. The summed E-state index contributed by atoms with van der Waals surface area (Å²) < 4.78 is 68.6. The number of phosphoric acid groups is 2. The number of phosphoric ester groups is 2. The first kappa shape index (κ1) is 97.1. The third-order valence-corrected chi connectivity index (χ3v) is 21.2. The van der Waals surface area contributed by atoms with E-state index in [2.05, 4.69) is 55.4 Å². The topological polar surface area (TPSA) is 237 Å². The Morgan fingerprint density at radius 3 is 0.717 bits per heavy atom. The molecule has 0 bridgehead atoms. The van der Waals surface area contributed by atoms with Crippen LogP contribution in [0.1, 0.15) is 409 Å². The maximum atomic E-state index is 13.1. The third-order valence-electron chi connectivity index (χ3n) is 19.3. The molecule has 99 heavy (non-hydrogen) atoms. The molecule has 19 heteroatoms. The predicted octanol–water partition coefficient (Wildman–Crippen LogP) is 23.6. The van der Waals surface area contributed by atoms with Gasteiger partial charge in [0.25, 0.3) is 0 Å². The number of carbonyl (C=O) groups is 4. The summed E-state index contributed by atoms with van der Waals surface area (Å²) in [6, 6.07) is 0. The maximum Gasteiger partial charge on any atom is 0.472 e. The number of unbranched alkanes of at least 4 members (excludes halogenated alkanes) is 41. The van der Waals surface area contributed by atoms with Gasteiger partial charge in [-0.25, -0.2) is 9.13 Å². The second-order valence-corrected chi connectivity index (χ2v) is 33.1. The molecule has 0 aliphatic heterocycles. The molecule has 5 unspecified atom stereocenters. The summed E-state index contributed by atoms with van der Waals surface area (Å²) in [6.07, 6.45) is 55.7. The highest BCUT2D eigenvalue weighted by molar-refractivity contribution is 7.47. The van der Waals surface area contributed by atoms with Gasteiger partial charge in [-0.3, -0.25) is 37.3 Å². The van der Waals surface area contributed by atoms with E-state index in [-0.39, 0.29) is 25.7 Å². The Labute approximate surface area is 607 Å². The van der Waals surface area contributed by atoms with Crippen molar-refractivity contribution in [1.82, 2.24) is 0 Å². The van der Waals surface area contributed by atoms with Crippen molar-refractivity contribution in [3.63, 3.8) is 0 Å². The molecule has 0 spiro atoms. The van der Waals surface area contributed by atoms with Gasteiger partial charge in [0.15, 0.2) is 12.2 Å². The SMILES string of the molecule is CCC(C)CCCCCCCCCCCCCCCCC(=O)O[C@H](COC(=O)CCCCCCCCCCCCCCCCCCCCC(C)C)COP(=O)(O)OCC(O)COP(=O)(O)OC[C@@H](COC(=O)CCCCCCCCCC(C)C)OC(=O)CCCCCCCCC(C)CC. The second-order valence-electron chi connectivity index (χ2n) is 30.2. The van der Waals surface area contributed by atoms with Gasteiger partial charge in [-0.05, 0) is 49.4 Å². The van der Waals surface area contributed by atoms with Crippen molar-refractivity contribution in [2.45, 2.75) is 427 Å². The van der Waals surface area contributed by atoms with Crippen LogP contribution in [0.5, 0.6) is 0 Å². The Bertz CT molecular complexity index is 1940. The van der Waals surface area contributed by atoms with Gasteiger partial charge >= 0.3 is 39.5 Å². The molecule has 0 saturated carbocycles. The fraction of sp³-hybridized carbons (Fsp3) is 0.950. The summed E-state index contributed by atoms with van der Waals surface area (Å²) in [5, 5.41) is 10.6. The zero-order chi connectivity index (χ0) is 73.1. The lowest BCUT2D eigenvalue weighted by atomic mass is 9.99. The molecule has 3 N–H and O–H groups in total. The Kier molecular flexibility index (Phi) is 67.8. The molecule has 0 rings (SSSR count). The molecule has 0 aliphatic rings. The van der Waals surface area contributed by atoms with Crippen LogP contribution >= 0.6 is 15.6 Å². The molecule has 7 atom stereocenters. The normalized spacial score (nSPS) is 14.6. The zero-order valence-corrected chi connectivity index (χ0v) is 66.9. The highest BCUT2D eigenvalue weighted by atomic mass is 31.2. The van der Waals surface area contributed by atoms with Crippen molar-refractivity contribution in [2.75, 3.05) is 39.6 Å². The smallest absolute Gasteiger partial charge is 0.462 e. The average molecular weight is 1450 g/mol. The summed E-state index contributed by atoms with van der Waals surface area (Å²) in [7, 11) is -9.92. The molecule has 0 radical (unpaired) electrons. The summed E-state index contributed by atoms with van der Waals surface area (Å²) in [6.45, 7) is 14.2. The average Bonchev–Trinajstić information content (AvgIpc) is 0.999. The number of aliphatic hydroxyl groups excluding tert-OH is 1. The lowest BCUT2D eigenvalue weighted by Crippen LogP contribution is -2.30. The van der Waals surface area contributed by atoms with E-state index in [1.165, 1.54) is 205 Å². The van der Waals surface area contributed by atoms with Crippen LogP contribution in [0, 0.1) is 23.7 Å². The van der Waals surface area contributed by atoms with Crippen LogP contribution in [-0.4, -0.2) is 96.7 Å². The van der Waals surface area contributed by atoms with Gasteiger partial charge in [0.1, 0.15) is 19.3 Å². The van der Waals surface area contributed by atoms with Crippen molar-refractivity contribution in [3.8, 4) is 0 Å². The first-order valence-corrected chi connectivity index (χ1v) is 44.3. The lowest BCUT2D eigenvalue weighted by Gasteiger charge is -2.21. The summed E-state index contributed by atoms with van der Waals surface area (Å²) in [4.78, 5) is 72.9. The first-order chi connectivity index (χ1) is 47.7. The van der Waals surface area contributed by atoms with E-state index in [1.54, 1.807) is 0 Å². The van der Waals surface area contributed by atoms with Gasteiger partial charge in [0.2, 0.25) is 0 Å². The highest BCUT2D eigenvalue weighted by Crippen LogP contribution is 2.45. The Balaban J connectivity index is 5.20. The number of aliphatic hydroxyl groups is 1. The van der Waals surface area contributed by atoms with E-state index in [4.69, 9.17) is 37.0 Å². The van der Waals surface area contributed by atoms with E-state index in [1.807, 2.05) is 0 Å². The van der Waals surface area contributed by atoms with Crippen molar-refractivity contribution in [3.05, 3.63) is 0 Å². The van der Waals surface area contributed by atoms with Crippen LogP contribution in [0.15, 0.2) is 0 Å². The van der Waals surface area contributed by atoms with E-state index >= 15 is 0 Å². The first-order valence-electron chi connectivity index (χ1n) is 41.3. The fourth-order valence-corrected chi connectivity index (χ4v) is 13.8. The van der Waals surface area contributed by atoms with Crippen LogP contribution in [0.3, 0.4) is 0 Å². The molecule has 0 amide bonds. The molecular weight excluding hydrogens is 1290 g/mol. The van der Waals surface area contributed by atoms with Gasteiger partial charge < -0.3 is 33.8 Å². The number of ether oxygens (including phenoxy) is 4. The number of esters is 4. The molecule has 0 aromatic carbocycles. The van der Waals surface area contributed by atoms with E-state index in [0.717, 1.165) is 114 Å². The molecule has 17 nitrogen and oxygen atoms in total. The highest BCUT2D eigenvalue weighted by Gasteiger charge is 2.30. The molecule has 0 aromatic rings. The van der Waals surface area contributed by atoms with Crippen molar-refractivity contribution < 1.29 is 80.2 Å². The standard InChI is InChI=1S/C80H156O17P2/c1-9-72(7)58-50-42-34-28-24-20-17-18-22-26-30-36-46-54-62-79(84)96-75(66-90-77(82)60-52-44-35-29-25-21-16-14-12-11-13-15-19-23-27-32-40-48-56-70(3)4)68-94-98(86,87)92-64-74(81)65-93-99(88,89)95-69-76(97-80(85)63-55-47-39-38-43-51-59-73(8)10-2)67-91-78(83)61-53-45-37-31-33-41-49-57-71(5)6/h70-76,81H,9-69H2,1-8H3,(H,86,87)(H,88,89)/t72?,73?,74?,75-,76-/m1/s1. The molecule has 588 valence electrons. The lowest BCUT2D eigenvalue weighted by molar-refractivity contribution is -0.161. The van der Waals surface area contributed by atoms with Gasteiger partial charge in [0.05, 0.1) is 26.4 Å². The van der Waals surface area contributed by atoms with Gasteiger partial charge in [-0.2, -0.15) is 0 Å². The number of hydrogen-bond acceptors (Lipinski definition) is 15. The quantitative estimate of drug-likeness (QED) is 0.0222. The molecule has 0 saturated heterocycles. The summed E-state index contributed by atoms with van der Waals surface area (Å²) in [5.41, 5.74) is 0. The molecule has 0 fully saturated rings. The van der Waals surface area contributed by atoms with Crippen LogP contribution < -0.4 is 0 Å². The van der Waals surface area contributed by atoms with Crippen LogP contribution in [0.25, 0.3) is 0 Å². The minimum absolute atomic E-state index is 0.102. The van der Waals surface area contributed by atoms with Crippen LogP contribution in [0.4, 0.5) is 0 Å². The van der Waals surface area contributed by atoms with E-state index < -0.39 is 97.5 Å². The van der Waals surface area contributed by atoms with Crippen LogP contribution in [-0.2, 0) is 65.4 Å². The van der Waals surface area contributed by atoms with Crippen molar-refractivity contribution >= 4 is 39.5 Å². The second kappa shape index (κ2) is 69.1. The largest absolute Gasteiger partial charge is 0.472 e. The monoisotopic (exact) mass is 1450 g/mol. The van der Waals surface area contributed by atoms with Gasteiger partial charge in [-0.1, -0.05) is 357 Å². The molecule has 0 aromatic heterocycles. The fourth-order valence-electron chi connectivity index (χ4n) is 12.2. The number of hydrogen-bond donors (Lipinski definition) is 3. The van der Waals surface area contributed by atoms with Crippen LogP contribution in [0.2, 0.25) is 0 Å². The Hall–Kier alpha value is -1.94. The zero-order valence-electron chi connectivity index (χ0n) is 65.1. The third kappa shape index (κ3) is 71.5. The predicted molar refractivity (Wildman–Crippen MR) is 404 cm³/mol. The maximum absolute atomic E-state index is 13.1. The molecule has 0 aliphatic carbocycles. The number of carbonyl (C=O) groups excluding carboxylic acids is 4.